The lowest BCUT2D eigenvalue weighted by Gasteiger charge is -2.24. The molecule has 0 saturated heterocycles. The zero-order chi connectivity index (χ0) is 18.6. The highest BCUT2D eigenvalue weighted by molar-refractivity contribution is 8.16. The van der Waals surface area contributed by atoms with Crippen molar-refractivity contribution in [2.75, 3.05) is 5.75 Å². The SMILES string of the molecule is CCC[C@@H](NC(=O)[C@]1(C)CSC(/C(C)=N/O)=N1)c1cc(C)cc(=O)o1. The number of rotatable bonds is 6. The highest BCUT2D eigenvalue weighted by Gasteiger charge is 2.40. The minimum absolute atomic E-state index is 0.247. The Hall–Kier alpha value is -2.09. The van der Waals surface area contributed by atoms with E-state index in [0.717, 1.165) is 12.0 Å². The summed E-state index contributed by atoms with van der Waals surface area (Å²) in [6.07, 6.45) is 1.47. The Kier molecular flexibility index (Phi) is 6.05. The van der Waals surface area contributed by atoms with E-state index in [1.165, 1.54) is 17.8 Å². The zero-order valence-electron chi connectivity index (χ0n) is 14.8. The van der Waals surface area contributed by atoms with Crippen LogP contribution in [0.5, 0.6) is 0 Å². The molecule has 25 heavy (non-hydrogen) atoms. The summed E-state index contributed by atoms with van der Waals surface area (Å²) >= 11 is 1.38. The molecule has 1 aliphatic heterocycles. The maximum atomic E-state index is 12.8. The molecule has 2 heterocycles. The Morgan fingerprint density at radius 2 is 2.28 bits per heavy atom. The van der Waals surface area contributed by atoms with Crippen molar-refractivity contribution >= 4 is 28.4 Å². The van der Waals surface area contributed by atoms with Gasteiger partial charge in [0.1, 0.15) is 22.1 Å². The number of hydrogen-bond donors (Lipinski definition) is 2. The van der Waals surface area contributed by atoms with Crippen molar-refractivity contribution < 1.29 is 14.4 Å². The molecule has 0 aliphatic carbocycles. The fourth-order valence-corrected chi connectivity index (χ4v) is 3.66. The number of thioether (sulfide) groups is 1. The summed E-state index contributed by atoms with van der Waals surface area (Å²) in [7, 11) is 0. The fraction of sp³-hybridized carbons (Fsp3) is 0.529. The van der Waals surface area contributed by atoms with E-state index < -0.39 is 17.2 Å². The van der Waals surface area contributed by atoms with Crippen LogP contribution >= 0.6 is 11.8 Å². The smallest absolute Gasteiger partial charge is 0.336 e. The van der Waals surface area contributed by atoms with Crippen molar-refractivity contribution in [1.82, 2.24) is 5.32 Å². The Morgan fingerprint density at radius 3 is 2.88 bits per heavy atom. The van der Waals surface area contributed by atoms with Gasteiger partial charge in [-0.1, -0.05) is 18.5 Å². The number of oxime groups is 1. The zero-order valence-corrected chi connectivity index (χ0v) is 15.6. The lowest BCUT2D eigenvalue weighted by Crippen LogP contribution is -2.45. The summed E-state index contributed by atoms with van der Waals surface area (Å²) < 4.78 is 5.28. The number of aliphatic imine (C=N–C) groups is 1. The van der Waals surface area contributed by atoms with Crippen molar-refractivity contribution in [1.29, 1.82) is 0 Å². The molecule has 1 aromatic heterocycles. The van der Waals surface area contributed by atoms with Crippen molar-refractivity contribution in [3.8, 4) is 0 Å². The van der Waals surface area contributed by atoms with Crippen molar-refractivity contribution in [2.45, 2.75) is 52.1 Å². The molecule has 8 heteroatoms. The predicted octanol–water partition coefficient (Wildman–Crippen LogP) is 2.66. The van der Waals surface area contributed by atoms with Gasteiger partial charge in [-0.15, -0.1) is 11.8 Å². The van der Waals surface area contributed by atoms with Crippen molar-refractivity contribution in [3.63, 3.8) is 0 Å². The molecular formula is C17H23N3O4S. The Labute approximate surface area is 150 Å². The number of nitrogens with zero attached hydrogens (tertiary/aromatic N) is 2. The topological polar surface area (TPSA) is 104 Å². The van der Waals surface area contributed by atoms with E-state index in [2.05, 4.69) is 15.5 Å². The molecule has 1 aliphatic rings. The van der Waals surface area contributed by atoms with Crippen LogP contribution < -0.4 is 10.9 Å². The molecule has 136 valence electrons. The van der Waals surface area contributed by atoms with E-state index >= 15 is 0 Å². The van der Waals surface area contributed by atoms with Crippen LogP contribution in [0.4, 0.5) is 0 Å². The Morgan fingerprint density at radius 1 is 1.56 bits per heavy atom. The van der Waals surface area contributed by atoms with Gasteiger partial charge in [0.05, 0.1) is 6.04 Å². The predicted molar refractivity (Wildman–Crippen MR) is 98.7 cm³/mol. The van der Waals surface area contributed by atoms with Gasteiger partial charge in [-0.3, -0.25) is 9.79 Å². The first-order valence-corrected chi connectivity index (χ1v) is 9.12. The van der Waals surface area contributed by atoms with Crippen LogP contribution in [0.3, 0.4) is 0 Å². The summed E-state index contributed by atoms with van der Waals surface area (Å²) in [6.45, 7) is 7.18. The van der Waals surface area contributed by atoms with E-state index in [1.54, 1.807) is 19.9 Å². The normalized spacial score (nSPS) is 21.8. The number of carbonyl (C=O) groups excluding carboxylic acids is 1. The van der Waals surface area contributed by atoms with Gasteiger partial charge in [-0.05, 0) is 38.8 Å². The second kappa shape index (κ2) is 7.86. The molecular weight excluding hydrogens is 342 g/mol. The first kappa shape index (κ1) is 19.2. The van der Waals surface area contributed by atoms with E-state index in [9.17, 15) is 9.59 Å². The van der Waals surface area contributed by atoms with Crippen LogP contribution in [-0.2, 0) is 4.79 Å². The maximum absolute atomic E-state index is 12.8. The Balaban J connectivity index is 2.23. The summed E-state index contributed by atoms with van der Waals surface area (Å²) in [5.41, 5.74) is -0.207. The molecule has 0 unspecified atom stereocenters. The van der Waals surface area contributed by atoms with Crippen LogP contribution in [0.15, 0.2) is 31.5 Å². The second-order valence-electron chi connectivity index (χ2n) is 6.34. The van der Waals surface area contributed by atoms with E-state index in [-0.39, 0.29) is 5.91 Å². The molecule has 2 atom stereocenters. The lowest BCUT2D eigenvalue weighted by molar-refractivity contribution is -0.125. The lowest BCUT2D eigenvalue weighted by atomic mass is 10.0. The average Bonchev–Trinajstić information content (AvgIpc) is 2.96. The minimum atomic E-state index is -0.956. The third kappa shape index (κ3) is 4.50. The molecule has 0 bridgehead atoms. The second-order valence-corrected chi connectivity index (χ2v) is 7.30. The summed E-state index contributed by atoms with van der Waals surface area (Å²) in [5.74, 6) is 0.660. The van der Waals surface area contributed by atoms with Gasteiger partial charge in [0.2, 0.25) is 5.91 Å². The summed E-state index contributed by atoms with van der Waals surface area (Å²) in [6, 6.07) is 2.79. The van der Waals surface area contributed by atoms with Gasteiger partial charge in [0.25, 0.3) is 0 Å². The number of carbonyl (C=O) groups is 1. The quantitative estimate of drug-likeness (QED) is 0.458. The standard InChI is InChI=1S/C17H23N3O4S/c1-5-6-12(13-7-10(2)8-14(21)24-13)18-16(22)17(4)9-25-15(19-17)11(3)20-23/h7-8,12,23H,5-6,9H2,1-4H3,(H,18,22)/b20-11+/t12-,17+/m1/s1. The largest absolute Gasteiger partial charge is 0.426 e. The maximum Gasteiger partial charge on any atom is 0.336 e. The third-order valence-electron chi connectivity index (χ3n) is 3.95. The highest BCUT2D eigenvalue weighted by Crippen LogP contribution is 2.30. The van der Waals surface area contributed by atoms with E-state index in [0.29, 0.717) is 28.7 Å². The summed E-state index contributed by atoms with van der Waals surface area (Å²) in [5, 5.41) is 15.5. The molecule has 7 nitrogen and oxygen atoms in total. The molecule has 0 aromatic carbocycles. The van der Waals surface area contributed by atoms with Crippen molar-refractivity contribution in [2.24, 2.45) is 10.1 Å². The van der Waals surface area contributed by atoms with Crippen LogP contribution in [0, 0.1) is 6.92 Å². The van der Waals surface area contributed by atoms with Crippen LogP contribution in [0.2, 0.25) is 0 Å². The van der Waals surface area contributed by atoms with Crippen LogP contribution in [0.25, 0.3) is 0 Å². The van der Waals surface area contributed by atoms with Crippen molar-refractivity contribution in [3.05, 3.63) is 33.9 Å². The van der Waals surface area contributed by atoms with Gasteiger partial charge in [0, 0.05) is 11.8 Å². The molecule has 2 N–H and O–H groups in total. The number of nitrogens with one attached hydrogen (secondary N) is 1. The molecule has 2 rings (SSSR count). The van der Waals surface area contributed by atoms with Crippen LogP contribution in [-0.4, -0.2) is 33.2 Å². The van der Waals surface area contributed by atoms with Crippen LogP contribution in [0.1, 0.15) is 51.0 Å². The third-order valence-corrected chi connectivity index (χ3v) is 5.31. The molecule has 0 spiro atoms. The van der Waals surface area contributed by atoms with E-state index in [4.69, 9.17) is 9.62 Å². The van der Waals surface area contributed by atoms with Gasteiger partial charge in [-0.25, -0.2) is 4.79 Å². The minimum Gasteiger partial charge on any atom is -0.426 e. The Bertz CT molecular complexity index is 771. The molecule has 0 saturated carbocycles. The average molecular weight is 365 g/mol. The molecule has 1 amide bonds. The number of amides is 1. The first-order valence-electron chi connectivity index (χ1n) is 8.13. The first-order chi connectivity index (χ1) is 11.8. The molecule has 1 aromatic rings. The van der Waals surface area contributed by atoms with Gasteiger partial charge < -0.3 is 14.9 Å². The van der Waals surface area contributed by atoms with Gasteiger partial charge in [0.15, 0.2) is 0 Å². The van der Waals surface area contributed by atoms with Gasteiger partial charge in [-0.2, -0.15) is 0 Å². The molecule has 0 fully saturated rings. The highest BCUT2D eigenvalue weighted by atomic mass is 32.2. The number of aryl methyl sites for hydroxylation is 1. The molecule has 0 radical (unpaired) electrons. The van der Waals surface area contributed by atoms with Gasteiger partial charge >= 0.3 is 5.63 Å². The fourth-order valence-electron chi connectivity index (χ4n) is 2.53. The van der Waals surface area contributed by atoms with E-state index in [1.807, 2.05) is 13.8 Å². The number of hydrogen-bond acceptors (Lipinski definition) is 7. The monoisotopic (exact) mass is 365 g/mol. The summed E-state index contributed by atoms with van der Waals surface area (Å²) in [4.78, 5) is 28.8.